The molecule has 1 aliphatic carbocycles. The van der Waals surface area contributed by atoms with Gasteiger partial charge >= 0.3 is 0 Å². The highest BCUT2D eigenvalue weighted by Gasteiger charge is 2.22. The summed E-state index contributed by atoms with van der Waals surface area (Å²) in [6, 6.07) is 10.2. The van der Waals surface area contributed by atoms with E-state index >= 15 is 0 Å². The Kier molecular flexibility index (Phi) is 4.65. The van der Waals surface area contributed by atoms with E-state index in [-0.39, 0.29) is 5.91 Å². The van der Waals surface area contributed by atoms with Crippen molar-refractivity contribution < 1.29 is 14.6 Å². The van der Waals surface area contributed by atoms with Crippen LogP contribution in [0.5, 0.6) is 5.75 Å². The molecule has 27 heavy (non-hydrogen) atoms. The fourth-order valence-corrected chi connectivity index (χ4v) is 4.14. The lowest BCUT2D eigenvalue weighted by molar-refractivity contribution is -0.127. The first-order chi connectivity index (χ1) is 13.0. The van der Waals surface area contributed by atoms with Crippen LogP contribution in [-0.2, 0) is 4.79 Å². The first kappa shape index (κ1) is 17.7. The number of carbonyl (C=O) groups excluding carboxylic acids is 1. The second-order valence-electron chi connectivity index (χ2n) is 7.42. The van der Waals surface area contributed by atoms with Gasteiger partial charge in [-0.15, -0.1) is 0 Å². The van der Waals surface area contributed by atoms with Crippen LogP contribution in [0.3, 0.4) is 0 Å². The average Bonchev–Trinajstić information content (AvgIpc) is 3.02. The minimum atomic E-state index is 0.266. The van der Waals surface area contributed by atoms with Crippen molar-refractivity contribution in [3.63, 3.8) is 0 Å². The Labute approximate surface area is 160 Å². The van der Waals surface area contributed by atoms with Gasteiger partial charge in [0.2, 0.25) is 5.91 Å². The maximum atomic E-state index is 11.6. The first-order valence-corrected chi connectivity index (χ1v) is 9.61. The molecule has 1 N–H and O–H groups in total. The normalized spacial score (nSPS) is 15.4. The predicted molar refractivity (Wildman–Crippen MR) is 108 cm³/mol. The molecular formula is C23H25NO3. The summed E-state index contributed by atoms with van der Waals surface area (Å²) in [5.41, 5.74) is 6.51. The van der Waals surface area contributed by atoms with Crippen molar-refractivity contribution in [2.45, 2.75) is 33.1 Å². The van der Waals surface area contributed by atoms with Crippen LogP contribution in [-0.4, -0.2) is 35.6 Å². The molecule has 0 radical (unpaired) electrons. The Hall–Kier alpha value is -2.75. The number of hydrogen-bond acceptors (Lipinski definition) is 3. The molecule has 4 nitrogen and oxygen atoms in total. The number of aryl methyl sites for hydroxylation is 2. The van der Waals surface area contributed by atoms with Gasteiger partial charge in [0.25, 0.3) is 0 Å². The van der Waals surface area contributed by atoms with Crippen molar-refractivity contribution in [3.05, 3.63) is 52.6 Å². The second-order valence-corrected chi connectivity index (χ2v) is 7.42. The zero-order valence-electron chi connectivity index (χ0n) is 15.9. The predicted octanol–water partition coefficient (Wildman–Crippen LogP) is 4.73. The van der Waals surface area contributed by atoms with Gasteiger partial charge in [0.15, 0.2) is 0 Å². The van der Waals surface area contributed by atoms with Crippen LogP contribution in [0, 0.1) is 13.8 Å². The summed E-state index contributed by atoms with van der Waals surface area (Å²) in [6.45, 7) is 6.42. The van der Waals surface area contributed by atoms with E-state index in [9.17, 15) is 9.90 Å². The number of fused-ring (bicyclic) bond motifs is 1. The number of carbonyl (C=O) groups is 1. The van der Waals surface area contributed by atoms with Gasteiger partial charge in [0, 0.05) is 25.1 Å². The quantitative estimate of drug-likeness (QED) is 0.755. The van der Waals surface area contributed by atoms with Crippen LogP contribution in [0.4, 0.5) is 0 Å². The molecule has 1 fully saturated rings. The lowest BCUT2D eigenvalue weighted by atomic mass is 9.84. The Bertz CT molecular complexity index is 906. The molecule has 2 aliphatic rings. The lowest BCUT2D eigenvalue weighted by Crippen LogP contribution is -2.26. The van der Waals surface area contributed by atoms with Crippen LogP contribution in [0.2, 0.25) is 0 Å². The van der Waals surface area contributed by atoms with Crippen LogP contribution < -0.4 is 4.74 Å². The van der Waals surface area contributed by atoms with Crippen molar-refractivity contribution in [3.8, 4) is 16.9 Å². The summed E-state index contributed by atoms with van der Waals surface area (Å²) in [6.07, 6.45) is 4.31. The smallest absolute Gasteiger partial charge is 0.222 e. The SMILES string of the molecule is Cc1cc(OCCCN2CCCC2=O)cc(C)c1-c1cccc2c1C(O)=C2. The largest absolute Gasteiger partial charge is 0.507 e. The number of benzene rings is 2. The van der Waals surface area contributed by atoms with E-state index in [1.54, 1.807) is 6.08 Å². The Balaban J connectivity index is 1.45. The Morgan fingerprint density at radius 2 is 1.93 bits per heavy atom. The van der Waals surface area contributed by atoms with Gasteiger partial charge < -0.3 is 14.7 Å². The molecular weight excluding hydrogens is 338 g/mol. The van der Waals surface area contributed by atoms with E-state index in [1.165, 1.54) is 0 Å². The van der Waals surface area contributed by atoms with E-state index < -0.39 is 0 Å². The molecule has 0 atom stereocenters. The number of ether oxygens (including phenoxy) is 1. The number of amides is 1. The van der Waals surface area contributed by atoms with Crippen LogP contribution in [0.15, 0.2) is 30.3 Å². The molecule has 0 aromatic heterocycles. The fourth-order valence-electron chi connectivity index (χ4n) is 4.14. The van der Waals surface area contributed by atoms with Gasteiger partial charge in [-0.25, -0.2) is 0 Å². The van der Waals surface area contributed by atoms with Gasteiger partial charge in [-0.2, -0.15) is 0 Å². The van der Waals surface area contributed by atoms with Gasteiger partial charge in [-0.1, -0.05) is 18.2 Å². The molecule has 140 valence electrons. The van der Waals surface area contributed by atoms with E-state index in [4.69, 9.17) is 4.74 Å². The zero-order valence-corrected chi connectivity index (χ0v) is 15.9. The van der Waals surface area contributed by atoms with Gasteiger partial charge in [0.05, 0.1) is 6.61 Å². The summed E-state index contributed by atoms with van der Waals surface area (Å²) in [4.78, 5) is 13.6. The molecule has 0 saturated carbocycles. The molecule has 0 unspecified atom stereocenters. The monoisotopic (exact) mass is 363 g/mol. The highest BCUT2D eigenvalue weighted by Crippen LogP contribution is 2.41. The van der Waals surface area contributed by atoms with Crippen molar-refractivity contribution in [2.24, 2.45) is 0 Å². The first-order valence-electron chi connectivity index (χ1n) is 9.61. The number of likely N-dealkylation sites (tertiary alicyclic amines) is 1. The fraction of sp³-hybridized carbons (Fsp3) is 0.348. The van der Waals surface area contributed by atoms with Gasteiger partial charge in [0.1, 0.15) is 11.5 Å². The number of aliphatic hydroxyl groups is 1. The van der Waals surface area contributed by atoms with E-state index in [1.807, 2.05) is 17.0 Å². The second kappa shape index (κ2) is 7.10. The maximum absolute atomic E-state index is 11.6. The molecule has 0 bridgehead atoms. The molecule has 1 heterocycles. The minimum absolute atomic E-state index is 0.266. The molecule has 1 aliphatic heterocycles. The van der Waals surface area contributed by atoms with Gasteiger partial charge in [-0.3, -0.25) is 4.79 Å². The highest BCUT2D eigenvalue weighted by atomic mass is 16.5. The topological polar surface area (TPSA) is 49.8 Å². The number of hydrogen-bond donors (Lipinski definition) is 1. The molecule has 0 spiro atoms. The van der Waals surface area contributed by atoms with E-state index in [0.717, 1.165) is 65.1 Å². The third kappa shape index (κ3) is 3.32. The zero-order chi connectivity index (χ0) is 19.0. The average molecular weight is 363 g/mol. The summed E-state index contributed by atoms with van der Waals surface area (Å²) < 4.78 is 5.94. The molecule has 4 rings (SSSR count). The van der Waals surface area contributed by atoms with Crippen molar-refractivity contribution in [2.75, 3.05) is 19.7 Å². The lowest BCUT2D eigenvalue weighted by Gasteiger charge is -2.22. The summed E-state index contributed by atoms with van der Waals surface area (Å²) in [5.74, 6) is 1.48. The summed E-state index contributed by atoms with van der Waals surface area (Å²) in [5, 5.41) is 10.0. The van der Waals surface area contributed by atoms with Crippen LogP contribution in [0.1, 0.15) is 41.5 Å². The third-order valence-electron chi connectivity index (χ3n) is 5.43. The Morgan fingerprint density at radius 1 is 1.15 bits per heavy atom. The van der Waals surface area contributed by atoms with Crippen molar-refractivity contribution in [1.29, 1.82) is 0 Å². The summed E-state index contributed by atoms with van der Waals surface area (Å²) in [7, 11) is 0. The number of nitrogens with zero attached hydrogens (tertiary/aromatic N) is 1. The molecule has 4 heteroatoms. The van der Waals surface area contributed by atoms with Crippen molar-refractivity contribution in [1.82, 2.24) is 4.90 Å². The minimum Gasteiger partial charge on any atom is -0.507 e. The highest BCUT2D eigenvalue weighted by molar-refractivity contribution is 5.99. The van der Waals surface area contributed by atoms with E-state index in [0.29, 0.717) is 18.8 Å². The molecule has 1 saturated heterocycles. The van der Waals surface area contributed by atoms with Gasteiger partial charge in [-0.05, 0) is 72.7 Å². The van der Waals surface area contributed by atoms with Crippen molar-refractivity contribution >= 4 is 17.7 Å². The molecule has 2 aromatic carbocycles. The Morgan fingerprint density at radius 3 is 2.59 bits per heavy atom. The summed E-state index contributed by atoms with van der Waals surface area (Å²) >= 11 is 0. The third-order valence-corrected chi connectivity index (χ3v) is 5.43. The van der Waals surface area contributed by atoms with Crippen LogP contribution in [0.25, 0.3) is 23.0 Å². The van der Waals surface area contributed by atoms with Crippen LogP contribution >= 0.6 is 0 Å². The van der Waals surface area contributed by atoms with E-state index in [2.05, 4.69) is 32.0 Å². The number of rotatable bonds is 6. The maximum Gasteiger partial charge on any atom is 0.222 e. The molecule has 2 aromatic rings. The molecule has 1 amide bonds. The standard InChI is InChI=1S/C23H25NO3/c1-15-12-18(27-11-5-10-24-9-4-8-21(24)26)13-16(2)22(15)19-7-3-6-17-14-20(25)23(17)19/h3,6-7,12-14,25H,4-5,8-11H2,1-2H3. The number of aliphatic hydroxyl groups excluding tert-OH is 1.